The van der Waals surface area contributed by atoms with Crippen molar-refractivity contribution in [3.05, 3.63) is 35.6 Å². The van der Waals surface area contributed by atoms with Crippen molar-refractivity contribution in [2.75, 3.05) is 13.1 Å². The van der Waals surface area contributed by atoms with Gasteiger partial charge in [-0.05, 0) is 70.7 Å². The van der Waals surface area contributed by atoms with E-state index in [1.807, 2.05) is 12.1 Å². The Balaban J connectivity index is 1.90. The minimum Gasteiger partial charge on any atom is -0.298 e. The van der Waals surface area contributed by atoms with Crippen LogP contribution in [-0.2, 0) is 6.42 Å². The van der Waals surface area contributed by atoms with Gasteiger partial charge in [0.2, 0.25) is 0 Å². The van der Waals surface area contributed by atoms with Gasteiger partial charge in [-0.15, -0.1) is 0 Å². The molecule has 0 saturated carbocycles. The van der Waals surface area contributed by atoms with Gasteiger partial charge in [0.05, 0.1) is 0 Å². The Morgan fingerprint density at radius 1 is 1.17 bits per heavy atom. The third-order valence-electron chi connectivity index (χ3n) is 4.03. The van der Waals surface area contributed by atoms with E-state index in [4.69, 9.17) is 0 Å². The van der Waals surface area contributed by atoms with Crippen molar-refractivity contribution >= 4 is 0 Å². The maximum atomic E-state index is 13.6. The van der Waals surface area contributed by atoms with Crippen LogP contribution in [0.15, 0.2) is 24.3 Å². The number of hydrogen-bond donors (Lipinski definition) is 0. The molecule has 0 bridgehead atoms. The molecule has 100 valence electrons. The monoisotopic (exact) mass is 249 g/mol. The Bertz CT molecular complexity index is 386. The molecule has 1 aromatic rings. The summed E-state index contributed by atoms with van der Waals surface area (Å²) in [5, 5.41) is 0. The molecule has 0 N–H and O–H groups in total. The second kappa shape index (κ2) is 5.40. The van der Waals surface area contributed by atoms with Gasteiger partial charge >= 0.3 is 0 Å². The van der Waals surface area contributed by atoms with E-state index in [-0.39, 0.29) is 11.4 Å². The van der Waals surface area contributed by atoms with Crippen molar-refractivity contribution in [3.8, 4) is 0 Å². The van der Waals surface area contributed by atoms with Gasteiger partial charge in [0.25, 0.3) is 0 Å². The van der Waals surface area contributed by atoms with Crippen molar-refractivity contribution in [1.82, 2.24) is 4.90 Å². The predicted octanol–water partition coefficient (Wildman–Crippen LogP) is 3.88. The molecule has 0 unspecified atom stereocenters. The highest BCUT2D eigenvalue weighted by Crippen LogP contribution is 2.26. The molecule has 1 fully saturated rings. The number of likely N-dealkylation sites (tertiary alicyclic amines) is 1. The van der Waals surface area contributed by atoms with Gasteiger partial charge in [0.1, 0.15) is 5.82 Å². The lowest BCUT2D eigenvalue weighted by atomic mass is 9.88. The van der Waals surface area contributed by atoms with Gasteiger partial charge in [0.15, 0.2) is 0 Å². The zero-order valence-corrected chi connectivity index (χ0v) is 11.7. The lowest BCUT2D eigenvalue weighted by Gasteiger charge is -2.41. The van der Waals surface area contributed by atoms with Crippen molar-refractivity contribution in [3.63, 3.8) is 0 Å². The van der Waals surface area contributed by atoms with Gasteiger partial charge in [-0.2, -0.15) is 0 Å². The molecule has 0 radical (unpaired) electrons. The van der Waals surface area contributed by atoms with Crippen LogP contribution < -0.4 is 0 Å². The summed E-state index contributed by atoms with van der Waals surface area (Å²) in [6, 6.07) is 7.19. The topological polar surface area (TPSA) is 3.24 Å². The average molecular weight is 249 g/mol. The van der Waals surface area contributed by atoms with Crippen LogP contribution in [-0.4, -0.2) is 23.5 Å². The van der Waals surface area contributed by atoms with Crippen LogP contribution in [0.1, 0.15) is 39.2 Å². The van der Waals surface area contributed by atoms with Gasteiger partial charge in [-0.1, -0.05) is 18.2 Å². The maximum absolute atomic E-state index is 13.6. The summed E-state index contributed by atoms with van der Waals surface area (Å²) in [7, 11) is 0. The van der Waals surface area contributed by atoms with Crippen LogP contribution in [0.5, 0.6) is 0 Å². The molecule has 0 atom stereocenters. The molecule has 0 aliphatic carbocycles. The molecular formula is C16H24FN. The number of rotatable bonds is 2. The average Bonchev–Trinajstić information content (AvgIpc) is 2.32. The van der Waals surface area contributed by atoms with Crippen molar-refractivity contribution in [1.29, 1.82) is 0 Å². The van der Waals surface area contributed by atoms with Gasteiger partial charge in [0, 0.05) is 5.54 Å². The molecule has 1 aliphatic rings. The number of benzene rings is 1. The molecule has 1 aliphatic heterocycles. The summed E-state index contributed by atoms with van der Waals surface area (Å²) >= 11 is 0. The Hall–Kier alpha value is -0.890. The summed E-state index contributed by atoms with van der Waals surface area (Å²) in [4.78, 5) is 2.53. The summed E-state index contributed by atoms with van der Waals surface area (Å²) in [5.74, 6) is 0.594. The maximum Gasteiger partial charge on any atom is 0.126 e. The molecule has 1 saturated heterocycles. The van der Waals surface area contributed by atoms with Crippen LogP contribution in [0.3, 0.4) is 0 Å². The molecule has 1 aromatic carbocycles. The van der Waals surface area contributed by atoms with Crippen LogP contribution in [0, 0.1) is 11.7 Å². The minimum atomic E-state index is -0.0456. The smallest absolute Gasteiger partial charge is 0.126 e. The SMILES string of the molecule is CC(C)(C)N1CCC(Cc2ccccc2F)CC1. The summed E-state index contributed by atoms with van der Waals surface area (Å²) in [5.41, 5.74) is 1.15. The first-order valence-electron chi connectivity index (χ1n) is 6.95. The van der Waals surface area contributed by atoms with Gasteiger partial charge in [-0.3, -0.25) is 4.90 Å². The molecule has 2 rings (SSSR count). The molecule has 0 amide bonds. The summed E-state index contributed by atoms with van der Waals surface area (Å²) in [6.45, 7) is 9.09. The second-order valence-electron chi connectivity index (χ2n) is 6.40. The Morgan fingerprint density at radius 3 is 2.33 bits per heavy atom. The highest BCUT2D eigenvalue weighted by atomic mass is 19.1. The highest BCUT2D eigenvalue weighted by Gasteiger charge is 2.27. The van der Waals surface area contributed by atoms with E-state index in [1.165, 1.54) is 12.8 Å². The predicted molar refractivity (Wildman–Crippen MR) is 74.2 cm³/mol. The molecule has 0 aromatic heterocycles. The first-order valence-corrected chi connectivity index (χ1v) is 6.95. The first kappa shape index (κ1) is 13.5. The molecule has 1 heterocycles. The Morgan fingerprint density at radius 2 is 1.78 bits per heavy atom. The van der Waals surface area contributed by atoms with Crippen LogP contribution in [0.25, 0.3) is 0 Å². The fourth-order valence-electron chi connectivity index (χ4n) is 2.78. The van der Waals surface area contributed by atoms with E-state index in [1.54, 1.807) is 12.1 Å². The second-order valence-corrected chi connectivity index (χ2v) is 6.40. The Kier molecular flexibility index (Phi) is 4.06. The van der Waals surface area contributed by atoms with E-state index in [0.29, 0.717) is 5.92 Å². The lowest BCUT2D eigenvalue weighted by Crippen LogP contribution is -2.46. The summed E-state index contributed by atoms with van der Waals surface area (Å²) < 4.78 is 13.6. The first-order chi connectivity index (χ1) is 8.47. The fraction of sp³-hybridized carbons (Fsp3) is 0.625. The number of halogens is 1. The molecule has 1 nitrogen and oxygen atoms in total. The van der Waals surface area contributed by atoms with Crippen LogP contribution in [0.2, 0.25) is 0 Å². The lowest BCUT2D eigenvalue weighted by molar-refractivity contribution is 0.0874. The van der Waals surface area contributed by atoms with E-state index < -0.39 is 0 Å². The van der Waals surface area contributed by atoms with Gasteiger partial charge in [-0.25, -0.2) is 4.39 Å². The van der Waals surface area contributed by atoms with E-state index in [2.05, 4.69) is 25.7 Å². The highest BCUT2D eigenvalue weighted by molar-refractivity contribution is 5.18. The van der Waals surface area contributed by atoms with Crippen molar-refractivity contribution in [2.45, 2.75) is 45.6 Å². The normalized spacial score (nSPS) is 19.1. The molecule has 2 heteroatoms. The van der Waals surface area contributed by atoms with Gasteiger partial charge < -0.3 is 0 Å². The quantitative estimate of drug-likeness (QED) is 0.769. The van der Waals surface area contributed by atoms with E-state index in [0.717, 1.165) is 25.1 Å². The van der Waals surface area contributed by atoms with Crippen LogP contribution in [0.4, 0.5) is 4.39 Å². The Labute approximate surface area is 110 Å². The largest absolute Gasteiger partial charge is 0.298 e. The molecule has 18 heavy (non-hydrogen) atoms. The fourth-order valence-corrected chi connectivity index (χ4v) is 2.78. The number of piperidine rings is 1. The van der Waals surface area contributed by atoms with E-state index >= 15 is 0 Å². The zero-order chi connectivity index (χ0) is 13.2. The zero-order valence-electron chi connectivity index (χ0n) is 11.7. The van der Waals surface area contributed by atoms with Crippen molar-refractivity contribution < 1.29 is 4.39 Å². The van der Waals surface area contributed by atoms with Crippen molar-refractivity contribution in [2.24, 2.45) is 5.92 Å². The summed E-state index contributed by atoms with van der Waals surface area (Å²) in [6.07, 6.45) is 3.27. The standard InChI is InChI=1S/C16H24FN/c1-16(2,3)18-10-8-13(9-11-18)12-14-6-4-5-7-15(14)17/h4-7,13H,8-12H2,1-3H3. The minimum absolute atomic E-state index is 0.0456. The van der Waals surface area contributed by atoms with E-state index in [9.17, 15) is 4.39 Å². The molecule has 0 spiro atoms. The molecular weight excluding hydrogens is 225 g/mol. The third-order valence-corrected chi connectivity index (χ3v) is 4.03. The number of nitrogens with zero attached hydrogens (tertiary/aromatic N) is 1. The van der Waals surface area contributed by atoms with Crippen LogP contribution >= 0.6 is 0 Å². The third kappa shape index (κ3) is 3.32. The number of hydrogen-bond acceptors (Lipinski definition) is 1.